The minimum Gasteiger partial charge on any atom is -0.495 e. The number of rotatable bonds is 4. The maximum absolute atomic E-state index is 5.39. The highest BCUT2D eigenvalue weighted by atomic mass is 16.5. The zero-order chi connectivity index (χ0) is 12.4. The van der Waals surface area contributed by atoms with Gasteiger partial charge in [-0.2, -0.15) is 0 Å². The van der Waals surface area contributed by atoms with E-state index in [0.29, 0.717) is 0 Å². The van der Waals surface area contributed by atoms with Crippen LogP contribution in [-0.2, 0) is 6.42 Å². The van der Waals surface area contributed by atoms with Crippen LogP contribution >= 0.6 is 0 Å². The van der Waals surface area contributed by atoms with Crippen molar-refractivity contribution < 1.29 is 4.74 Å². The Bertz CT molecular complexity index is 523. The molecule has 0 spiro atoms. The number of fused-ring (bicyclic) bond motifs is 1. The van der Waals surface area contributed by atoms with Gasteiger partial charge in [0.1, 0.15) is 5.75 Å². The lowest BCUT2D eigenvalue weighted by atomic mass is 9.98. The van der Waals surface area contributed by atoms with Gasteiger partial charge < -0.3 is 9.72 Å². The van der Waals surface area contributed by atoms with Crippen LogP contribution in [0.5, 0.6) is 5.75 Å². The van der Waals surface area contributed by atoms with Crippen LogP contribution in [0.3, 0.4) is 0 Å². The van der Waals surface area contributed by atoms with Gasteiger partial charge in [-0.15, -0.1) is 0 Å². The number of hydrogen-bond acceptors (Lipinski definition) is 1. The zero-order valence-electron chi connectivity index (χ0n) is 11.0. The Morgan fingerprint density at radius 3 is 2.89 bits per heavy atom. The van der Waals surface area contributed by atoms with Crippen LogP contribution in [0.1, 0.15) is 37.7 Å². The van der Waals surface area contributed by atoms with Gasteiger partial charge in [-0.05, 0) is 30.4 Å². The minimum atomic E-state index is 0.944. The Hall–Kier alpha value is -1.44. The molecule has 0 saturated heterocycles. The number of hydrogen-bond donors (Lipinski definition) is 1. The summed E-state index contributed by atoms with van der Waals surface area (Å²) < 4.78 is 5.39. The third-order valence-corrected chi connectivity index (χ3v) is 4.28. The molecule has 0 aliphatic heterocycles. The van der Waals surface area contributed by atoms with Gasteiger partial charge in [0.25, 0.3) is 0 Å². The van der Waals surface area contributed by atoms with E-state index in [1.807, 2.05) is 6.07 Å². The fraction of sp³-hybridized carbons (Fsp3) is 0.500. The van der Waals surface area contributed by atoms with E-state index in [0.717, 1.165) is 17.2 Å². The summed E-state index contributed by atoms with van der Waals surface area (Å²) in [4.78, 5) is 3.36. The van der Waals surface area contributed by atoms with E-state index in [9.17, 15) is 0 Å². The van der Waals surface area contributed by atoms with Crippen molar-refractivity contribution in [3.63, 3.8) is 0 Å². The Labute approximate surface area is 108 Å². The van der Waals surface area contributed by atoms with Crippen LogP contribution in [-0.4, -0.2) is 12.1 Å². The quantitative estimate of drug-likeness (QED) is 0.851. The molecule has 18 heavy (non-hydrogen) atoms. The van der Waals surface area contributed by atoms with Crippen molar-refractivity contribution in [2.24, 2.45) is 5.92 Å². The average Bonchev–Trinajstić information content (AvgIpc) is 3.05. The van der Waals surface area contributed by atoms with E-state index in [2.05, 4.69) is 23.3 Å². The fourth-order valence-electron chi connectivity index (χ4n) is 3.22. The third kappa shape index (κ3) is 2.12. The molecule has 0 radical (unpaired) electrons. The first-order valence-corrected chi connectivity index (χ1v) is 7.01. The first-order valence-electron chi connectivity index (χ1n) is 7.01. The topological polar surface area (TPSA) is 25.0 Å². The molecule has 1 aliphatic rings. The van der Waals surface area contributed by atoms with Gasteiger partial charge in [-0.25, -0.2) is 0 Å². The molecule has 3 rings (SSSR count). The van der Waals surface area contributed by atoms with E-state index >= 15 is 0 Å². The van der Waals surface area contributed by atoms with Gasteiger partial charge in [0.05, 0.1) is 12.6 Å². The van der Waals surface area contributed by atoms with Crippen molar-refractivity contribution in [3.05, 3.63) is 30.0 Å². The number of nitrogens with one attached hydrogen (secondary N) is 1. The summed E-state index contributed by atoms with van der Waals surface area (Å²) in [6.07, 6.45) is 10.4. The Morgan fingerprint density at radius 2 is 2.11 bits per heavy atom. The first-order chi connectivity index (χ1) is 8.88. The Balaban J connectivity index is 1.79. The van der Waals surface area contributed by atoms with Crippen molar-refractivity contribution in [2.45, 2.75) is 38.5 Å². The molecule has 0 bridgehead atoms. The lowest BCUT2D eigenvalue weighted by molar-refractivity contribution is 0.419. The largest absolute Gasteiger partial charge is 0.495 e. The summed E-state index contributed by atoms with van der Waals surface area (Å²) >= 11 is 0. The molecule has 0 unspecified atom stereocenters. The van der Waals surface area contributed by atoms with Gasteiger partial charge in [0.15, 0.2) is 0 Å². The number of aromatic amines is 1. The maximum atomic E-state index is 5.39. The maximum Gasteiger partial charge on any atom is 0.142 e. The first kappa shape index (κ1) is 11.6. The minimum absolute atomic E-state index is 0.944. The third-order valence-electron chi connectivity index (χ3n) is 4.28. The van der Waals surface area contributed by atoms with Crippen molar-refractivity contribution in [3.8, 4) is 5.75 Å². The van der Waals surface area contributed by atoms with Crippen LogP contribution in [0, 0.1) is 5.92 Å². The summed E-state index contributed by atoms with van der Waals surface area (Å²) in [5, 5.41) is 1.33. The number of aryl methyl sites for hydroxylation is 1. The van der Waals surface area contributed by atoms with E-state index < -0.39 is 0 Å². The monoisotopic (exact) mass is 243 g/mol. The highest BCUT2D eigenvalue weighted by Gasteiger charge is 2.15. The van der Waals surface area contributed by atoms with Crippen molar-refractivity contribution in [1.82, 2.24) is 4.98 Å². The van der Waals surface area contributed by atoms with Crippen LogP contribution < -0.4 is 4.74 Å². The van der Waals surface area contributed by atoms with Crippen LogP contribution in [0.4, 0.5) is 0 Å². The second-order valence-electron chi connectivity index (χ2n) is 5.39. The summed E-state index contributed by atoms with van der Waals surface area (Å²) in [6.45, 7) is 0. The number of methoxy groups -OCH3 is 1. The molecule has 1 aromatic heterocycles. The average molecular weight is 243 g/mol. The standard InChI is InChI=1S/C16H21NO/c1-18-15-8-4-7-14-13(11-17-16(14)15)10-9-12-5-2-3-6-12/h4,7-8,11-12,17H,2-3,5-6,9-10H2,1H3. The van der Waals surface area contributed by atoms with Crippen LogP contribution in [0.25, 0.3) is 10.9 Å². The van der Waals surface area contributed by atoms with Crippen LogP contribution in [0.2, 0.25) is 0 Å². The van der Waals surface area contributed by atoms with Crippen LogP contribution in [0.15, 0.2) is 24.4 Å². The highest BCUT2D eigenvalue weighted by Crippen LogP contribution is 2.31. The Kier molecular flexibility index (Phi) is 3.26. The number of ether oxygens (including phenoxy) is 1. The summed E-state index contributed by atoms with van der Waals surface area (Å²) in [5.74, 6) is 1.90. The predicted octanol–water partition coefficient (Wildman–Crippen LogP) is 4.30. The van der Waals surface area contributed by atoms with Gasteiger partial charge in [-0.3, -0.25) is 0 Å². The second-order valence-corrected chi connectivity index (χ2v) is 5.39. The number of para-hydroxylation sites is 1. The predicted molar refractivity (Wildman–Crippen MR) is 75.1 cm³/mol. The van der Waals surface area contributed by atoms with E-state index in [1.165, 1.54) is 49.5 Å². The molecule has 0 atom stereocenters. The van der Waals surface area contributed by atoms with Gasteiger partial charge in [0.2, 0.25) is 0 Å². The van der Waals surface area contributed by atoms with Gasteiger partial charge >= 0.3 is 0 Å². The second kappa shape index (κ2) is 5.05. The fourth-order valence-corrected chi connectivity index (χ4v) is 3.22. The zero-order valence-corrected chi connectivity index (χ0v) is 11.0. The summed E-state index contributed by atoms with van der Waals surface area (Å²) in [7, 11) is 1.73. The molecule has 2 nitrogen and oxygen atoms in total. The molecule has 1 aliphatic carbocycles. The summed E-state index contributed by atoms with van der Waals surface area (Å²) in [6, 6.07) is 6.28. The molecule has 2 aromatic rings. The normalized spacial score (nSPS) is 16.5. The Morgan fingerprint density at radius 1 is 1.28 bits per heavy atom. The van der Waals surface area contributed by atoms with Crippen molar-refractivity contribution >= 4 is 10.9 Å². The molecule has 2 heteroatoms. The lowest BCUT2D eigenvalue weighted by Gasteiger charge is -2.07. The molecule has 1 heterocycles. The SMILES string of the molecule is COc1cccc2c(CCC3CCCC3)c[nH]c12. The van der Waals surface area contributed by atoms with Crippen molar-refractivity contribution in [1.29, 1.82) is 0 Å². The molecule has 0 amide bonds. The van der Waals surface area contributed by atoms with Gasteiger partial charge in [-0.1, -0.05) is 37.8 Å². The molecule has 96 valence electrons. The number of benzene rings is 1. The van der Waals surface area contributed by atoms with E-state index in [-0.39, 0.29) is 0 Å². The molecule has 1 fully saturated rings. The number of aromatic nitrogens is 1. The molecule has 1 aromatic carbocycles. The highest BCUT2D eigenvalue weighted by molar-refractivity contribution is 5.88. The molecule has 1 saturated carbocycles. The lowest BCUT2D eigenvalue weighted by Crippen LogP contribution is -1.95. The molecular formula is C16H21NO. The number of H-pyrrole nitrogens is 1. The smallest absolute Gasteiger partial charge is 0.142 e. The van der Waals surface area contributed by atoms with E-state index in [4.69, 9.17) is 4.74 Å². The van der Waals surface area contributed by atoms with Crippen molar-refractivity contribution in [2.75, 3.05) is 7.11 Å². The molecule has 1 N–H and O–H groups in total. The van der Waals surface area contributed by atoms with Gasteiger partial charge in [0, 0.05) is 11.6 Å². The van der Waals surface area contributed by atoms with E-state index in [1.54, 1.807) is 7.11 Å². The molecular weight excluding hydrogens is 222 g/mol. The summed E-state index contributed by atoms with van der Waals surface area (Å²) in [5.41, 5.74) is 2.58.